The van der Waals surface area contributed by atoms with E-state index in [0.29, 0.717) is 24.1 Å². The molecule has 0 fully saturated rings. The SMILES string of the molecule is CCOCc1nc(NN)cc(NC(C(=O)OC)C(C)C)n1. The number of ether oxygens (including phenoxy) is 2. The number of hydrogen-bond donors (Lipinski definition) is 3. The van der Waals surface area contributed by atoms with Gasteiger partial charge in [-0.15, -0.1) is 0 Å². The lowest BCUT2D eigenvalue weighted by atomic mass is 10.0. The maximum atomic E-state index is 11.8. The normalized spacial score (nSPS) is 12.1. The fraction of sp³-hybridized carbons (Fsp3) is 0.615. The van der Waals surface area contributed by atoms with E-state index in [1.54, 1.807) is 6.07 Å². The van der Waals surface area contributed by atoms with Crippen LogP contribution in [0, 0.1) is 5.92 Å². The van der Waals surface area contributed by atoms with Gasteiger partial charge in [-0.05, 0) is 12.8 Å². The molecule has 0 spiro atoms. The van der Waals surface area contributed by atoms with Crippen molar-refractivity contribution < 1.29 is 14.3 Å². The number of rotatable bonds is 8. The van der Waals surface area contributed by atoms with Crippen molar-refractivity contribution in [3.05, 3.63) is 11.9 Å². The molecule has 0 aliphatic heterocycles. The van der Waals surface area contributed by atoms with Gasteiger partial charge in [0.25, 0.3) is 0 Å². The summed E-state index contributed by atoms with van der Waals surface area (Å²) in [6, 6.07) is 1.11. The Hall–Kier alpha value is -1.93. The molecular formula is C13H23N5O3. The third kappa shape index (κ3) is 5.16. The summed E-state index contributed by atoms with van der Waals surface area (Å²) in [7, 11) is 1.35. The van der Waals surface area contributed by atoms with Crippen LogP contribution in [0.1, 0.15) is 26.6 Å². The van der Waals surface area contributed by atoms with Crippen LogP contribution >= 0.6 is 0 Å². The topological polar surface area (TPSA) is 111 Å². The van der Waals surface area contributed by atoms with Crippen LogP contribution in [-0.4, -0.2) is 35.7 Å². The third-order valence-electron chi connectivity index (χ3n) is 2.78. The summed E-state index contributed by atoms with van der Waals surface area (Å²) >= 11 is 0. The highest BCUT2D eigenvalue weighted by atomic mass is 16.5. The largest absolute Gasteiger partial charge is 0.467 e. The van der Waals surface area contributed by atoms with Crippen LogP contribution in [0.2, 0.25) is 0 Å². The number of hydrogen-bond acceptors (Lipinski definition) is 8. The highest BCUT2D eigenvalue weighted by Gasteiger charge is 2.23. The van der Waals surface area contributed by atoms with Crippen LogP contribution in [0.4, 0.5) is 11.6 Å². The second-order valence-electron chi connectivity index (χ2n) is 4.73. The molecule has 1 aromatic rings. The minimum absolute atomic E-state index is 0.0389. The minimum atomic E-state index is -0.504. The number of hydrazine groups is 1. The van der Waals surface area contributed by atoms with E-state index in [0.717, 1.165) is 0 Å². The van der Waals surface area contributed by atoms with E-state index in [1.165, 1.54) is 7.11 Å². The molecule has 0 aromatic carbocycles. The molecule has 0 aliphatic carbocycles. The molecule has 8 nitrogen and oxygen atoms in total. The molecule has 1 atom stereocenters. The molecule has 1 rings (SSSR count). The van der Waals surface area contributed by atoms with Gasteiger partial charge >= 0.3 is 5.97 Å². The molecule has 118 valence electrons. The van der Waals surface area contributed by atoms with Gasteiger partial charge in [-0.2, -0.15) is 0 Å². The van der Waals surface area contributed by atoms with E-state index in [1.807, 2.05) is 20.8 Å². The summed E-state index contributed by atoms with van der Waals surface area (Å²) in [4.78, 5) is 20.3. The van der Waals surface area contributed by atoms with Gasteiger partial charge in [-0.3, -0.25) is 0 Å². The fourth-order valence-electron chi connectivity index (χ4n) is 1.69. The Kier molecular flexibility index (Phi) is 6.83. The van der Waals surface area contributed by atoms with Crippen molar-refractivity contribution in [2.45, 2.75) is 33.4 Å². The lowest BCUT2D eigenvalue weighted by Gasteiger charge is -2.20. The molecule has 0 amide bonds. The van der Waals surface area contributed by atoms with Crippen LogP contribution in [-0.2, 0) is 20.9 Å². The summed E-state index contributed by atoms with van der Waals surface area (Å²) in [5.41, 5.74) is 2.47. The van der Waals surface area contributed by atoms with E-state index < -0.39 is 6.04 Å². The Morgan fingerprint density at radius 1 is 1.38 bits per heavy atom. The number of aromatic nitrogens is 2. The van der Waals surface area contributed by atoms with Crippen molar-refractivity contribution in [3.8, 4) is 0 Å². The molecule has 1 heterocycles. The molecule has 8 heteroatoms. The highest BCUT2D eigenvalue weighted by molar-refractivity contribution is 5.79. The molecule has 0 saturated carbocycles. The lowest BCUT2D eigenvalue weighted by molar-refractivity contribution is -0.142. The number of anilines is 2. The van der Waals surface area contributed by atoms with Crippen LogP contribution < -0.4 is 16.6 Å². The smallest absolute Gasteiger partial charge is 0.328 e. The average molecular weight is 297 g/mol. The summed E-state index contributed by atoms with van der Waals surface area (Å²) in [5, 5.41) is 3.04. The second-order valence-corrected chi connectivity index (χ2v) is 4.73. The summed E-state index contributed by atoms with van der Waals surface area (Å²) in [6.45, 7) is 6.54. The molecule has 21 heavy (non-hydrogen) atoms. The quantitative estimate of drug-likeness (QED) is 0.369. The van der Waals surface area contributed by atoms with Crippen molar-refractivity contribution in [2.75, 3.05) is 24.5 Å². The number of methoxy groups -OCH3 is 1. The van der Waals surface area contributed by atoms with Gasteiger partial charge in [0.15, 0.2) is 5.82 Å². The molecule has 0 bridgehead atoms. The first kappa shape index (κ1) is 17.1. The molecule has 0 aliphatic rings. The monoisotopic (exact) mass is 297 g/mol. The number of nitrogens with one attached hydrogen (secondary N) is 2. The van der Waals surface area contributed by atoms with Crippen LogP contribution in [0.5, 0.6) is 0 Å². The summed E-state index contributed by atoms with van der Waals surface area (Å²) in [6.07, 6.45) is 0. The summed E-state index contributed by atoms with van der Waals surface area (Å²) in [5.74, 6) is 6.48. The maximum absolute atomic E-state index is 11.8. The number of nitrogens with two attached hydrogens (primary N) is 1. The maximum Gasteiger partial charge on any atom is 0.328 e. The molecule has 1 unspecified atom stereocenters. The van der Waals surface area contributed by atoms with Crippen molar-refractivity contribution in [1.82, 2.24) is 9.97 Å². The number of esters is 1. The van der Waals surface area contributed by atoms with Crippen molar-refractivity contribution in [2.24, 2.45) is 11.8 Å². The molecule has 0 radical (unpaired) electrons. The average Bonchev–Trinajstić information content (AvgIpc) is 2.49. The third-order valence-corrected chi connectivity index (χ3v) is 2.78. The van der Waals surface area contributed by atoms with Gasteiger partial charge in [0.2, 0.25) is 0 Å². The predicted octanol–water partition coefficient (Wildman–Crippen LogP) is 0.908. The van der Waals surface area contributed by atoms with Crippen LogP contribution in [0.15, 0.2) is 6.07 Å². The van der Waals surface area contributed by atoms with Gasteiger partial charge in [0, 0.05) is 12.7 Å². The number of carbonyl (C=O) groups excluding carboxylic acids is 1. The van der Waals surface area contributed by atoms with E-state index in [4.69, 9.17) is 15.3 Å². The molecular weight excluding hydrogens is 274 g/mol. The molecule has 4 N–H and O–H groups in total. The first-order valence-corrected chi connectivity index (χ1v) is 6.78. The van der Waals surface area contributed by atoms with Crippen LogP contribution in [0.3, 0.4) is 0 Å². The molecule has 1 aromatic heterocycles. The van der Waals surface area contributed by atoms with Crippen molar-refractivity contribution in [1.29, 1.82) is 0 Å². The Balaban J connectivity index is 2.96. The number of nitrogens with zero attached hydrogens (tertiary/aromatic N) is 2. The standard InChI is InChI=1S/C13H23N5O3/c1-5-21-7-11-15-9(6-10(16-11)18-14)17-12(8(2)3)13(19)20-4/h6,8,12H,5,7,14H2,1-4H3,(H2,15,16,17,18). The van der Waals surface area contributed by atoms with Crippen LogP contribution in [0.25, 0.3) is 0 Å². The lowest BCUT2D eigenvalue weighted by Crippen LogP contribution is -2.36. The number of carbonyl (C=O) groups is 1. The summed E-state index contributed by atoms with van der Waals surface area (Å²) < 4.78 is 10.1. The van der Waals surface area contributed by atoms with Crippen molar-refractivity contribution in [3.63, 3.8) is 0 Å². The zero-order chi connectivity index (χ0) is 15.8. The van der Waals surface area contributed by atoms with E-state index in [9.17, 15) is 4.79 Å². The Labute approximate surface area is 124 Å². The zero-order valence-corrected chi connectivity index (χ0v) is 12.8. The fourth-order valence-corrected chi connectivity index (χ4v) is 1.69. The van der Waals surface area contributed by atoms with Gasteiger partial charge in [-0.1, -0.05) is 13.8 Å². The minimum Gasteiger partial charge on any atom is -0.467 e. The first-order valence-electron chi connectivity index (χ1n) is 6.78. The van der Waals surface area contributed by atoms with Crippen molar-refractivity contribution >= 4 is 17.6 Å². The zero-order valence-electron chi connectivity index (χ0n) is 12.8. The molecule has 0 saturated heterocycles. The Morgan fingerprint density at radius 3 is 2.57 bits per heavy atom. The number of nitrogen functional groups attached to an aromatic ring is 1. The highest BCUT2D eigenvalue weighted by Crippen LogP contribution is 2.15. The van der Waals surface area contributed by atoms with E-state index in [2.05, 4.69) is 20.7 Å². The van der Waals surface area contributed by atoms with E-state index >= 15 is 0 Å². The van der Waals surface area contributed by atoms with Gasteiger partial charge in [-0.25, -0.2) is 20.6 Å². The Morgan fingerprint density at radius 2 is 2.05 bits per heavy atom. The Bertz CT molecular complexity index is 467. The van der Waals surface area contributed by atoms with Gasteiger partial charge < -0.3 is 20.2 Å². The van der Waals surface area contributed by atoms with E-state index in [-0.39, 0.29) is 18.5 Å². The first-order chi connectivity index (χ1) is 10.0. The van der Waals surface area contributed by atoms with Gasteiger partial charge in [0.1, 0.15) is 24.3 Å². The van der Waals surface area contributed by atoms with Gasteiger partial charge in [0.05, 0.1) is 7.11 Å². The predicted molar refractivity (Wildman–Crippen MR) is 79.4 cm³/mol. The second kappa shape index (κ2) is 8.38.